The van der Waals surface area contributed by atoms with E-state index in [1.54, 1.807) is 6.21 Å². The summed E-state index contributed by atoms with van der Waals surface area (Å²) in [6, 6.07) is 21.9. The highest BCUT2D eigenvalue weighted by Gasteiger charge is 2.05. The number of hydrogen-bond acceptors (Lipinski definition) is 2. The maximum Gasteiger partial charge on any atom is 0.244 e. The first-order valence-electron chi connectivity index (χ1n) is 7.27. The molecule has 0 aliphatic rings. The largest absolute Gasteiger partial charge is 0.273 e. The summed E-state index contributed by atoms with van der Waals surface area (Å²) < 4.78 is 1.09. The minimum Gasteiger partial charge on any atom is -0.273 e. The summed E-state index contributed by atoms with van der Waals surface area (Å²) in [5.74, 6) is -0.122. The van der Waals surface area contributed by atoms with E-state index in [0.29, 0.717) is 6.42 Å². The van der Waals surface area contributed by atoms with Crippen molar-refractivity contribution in [3.05, 3.63) is 81.4 Å². The lowest BCUT2D eigenvalue weighted by molar-refractivity contribution is -0.120. The van der Waals surface area contributed by atoms with E-state index >= 15 is 0 Å². The van der Waals surface area contributed by atoms with E-state index < -0.39 is 0 Å². The van der Waals surface area contributed by atoms with Gasteiger partial charge in [-0.1, -0.05) is 60.7 Å². The molecular formula is C19H15IN2O. The molecule has 23 heavy (non-hydrogen) atoms. The van der Waals surface area contributed by atoms with Gasteiger partial charge in [0.05, 0.1) is 12.6 Å². The van der Waals surface area contributed by atoms with Crippen LogP contribution in [0.4, 0.5) is 0 Å². The van der Waals surface area contributed by atoms with E-state index in [0.717, 1.165) is 25.5 Å². The molecule has 0 saturated carbocycles. The quantitative estimate of drug-likeness (QED) is 0.389. The van der Waals surface area contributed by atoms with E-state index in [2.05, 4.69) is 33.1 Å². The van der Waals surface area contributed by atoms with Crippen molar-refractivity contribution in [1.82, 2.24) is 5.43 Å². The van der Waals surface area contributed by atoms with Crippen LogP contribution in [-0.2, 0) is 11.2 Å². The smallest absolute Gasteiger partial charge is 0.244 e. The fourth-order valence-corrected chi connectivity index (χ4v) is 2.94. The number of nitrogens with zero attached hydrogens (tertiary/aromatic N) is 1. The lowest BCUT2D eigenvalue weighted by Crippen LogP contribution is -2.20. The second-order valence-corrected chi connectivity index (χ2v) is 6.29. The summed E-state index contributed by atoms with van der Waals surface area (Å²) in [6.45, 7) is 0. The van der Waals surface area contributed by atoms with Crippen molar-refractivity contribution in [3.63, 3.8) is 0 Å². The Hall–Kier alpha value is -2.21. The molecule has 0 fully saturated rings. The van der Waals surface area contributed by atoms with Crippen molar-refractivity contribution in [2.24, 2.45) is 5.10 Å². The topological polar surface area (TPSA) is 41.5 Å². The molecule has 0 radical (unpaired) electrons. The van der Waals surface area contributed by atoms with Gasteiger partial charge in [-0.25, -0.2) is 5.43 Å². The molecule has 0 aromatic heterocycles. The standard InChI is InChI=1S/C19H15IN2O/c20-18-11-4-2-7-16(18)13-21-22-19(23)12-15-9-5-8-14-6-1-3-10-17(14)15/h1-11,13H,12H2,(H,22,23)/b21-13+. The molecule has 3 rings (SSSR count). The summed E-state index contributed by atoms with van der Waals surface area (Å²) in [5.41, 5.74) is 4.59. The number of benzene rings is 3. The van der Waals surface area contributed by atoms with E-state index in [9.17, 15) is 4.79 Å². The van der Waals surface area contributed by atoms with Gasteiger partial charge in [-0.05, 0) is 45.0 Å². The predicted molar refractivity (Wildman–Crippen MR) is 103 cm³/mol. The number of halogens is 1. The summed E-state index contributed by atoms with van der Waals surface area (Å²) in [7, 11) is 0. The zero-order chi connectivity index (χ0) is 16.1. The summed E-state index contributed by atoms with van der Waals surface area (Å²) in [4.78, 5) is 12.1. The molecule has 3 aromatic rings. The fraction of sp³-hybridized carbons (Fsp3) is 0.0526. The van der Waals surface area contributed by atoms with Crippen molar-refractivity contribution in [2.45, 2.75) is 6.42 Å². The Kier molecular flexibility index (Phi) is 5.02. The highest BCUT2D eigenvalue weighted by Crippen LogP contribution is 2.18. The van der Waals surface area contributed by atoms with Gasteiger partial charge in [0.15, 0.2) is 0 Å². The molecular weight excluding hydrogens is 399 g/mol. The molecule has 114 valence electrons. The molecule has 0 aliphatic carbocycles. The van der Waals surface area contributed by atoms with E-state index in [4.69, 9.17) is 0 Å². The average molecular weight is 414 g/mol. The summed E-state index contributed by atoms with van der Waals surface area (Å²) >= 11 is 2.24. The molecule has 0 spiro atoms. The Morgan fingerprint density at radius 2 is 1.74 bits per heavy atom. The van der Waals surface area contributed by atoms with Gasteiger partial charge in [-0.15, -0.1) is 0 Å². The molecule has 3 aromatic carbocycles. The summed E-state index contributed by atoms with van der Waals surface area (Å²) in [5, 5.41) is 6.29. The number of carbonyl (C=O) groups is 1. The molecule has 0 aliphatic heterocycles. The molecule has 1 amide bonds. The first kappa shape index (κ1) is 15.7. The second-order valence-electron chi connectivity index (χ2n) is 5.13. The Balaban J connectivity index is 1.69. The first-order valence-corrected chi connectivity index (χ1v) is 8.35. The van der Waals surface area contributed by atoms with Crippen LogP contribution in [0.2, 0.25) is 0 Å². The predicted octanol–water partition coefficient (Wildman–Crippen LogP) is 4.14. The molecule has 0 saturated heterocycles. The van der Waals surface area contributed by atoms with Gasteiger partial charge in [0.25, 0.3) is 0 Å². The number of hydrogen-bond donors (Lipinski definition) is 1. The Labute approximate surface area is 148 Å². The third-order valence-corrected chi connectivity index (χ3v) is 4.51. The van der Waals surface area contributed by atoms with Crippen molar-refractivity contribution in [1.29, 1.82) is 0 Å². The van der Waals surface area contributed by atoms with E-state index in [1.165, 1.54) is 0 Å². The minimum absolute atomic E-state index is 0.122. The highest BCUT2D eigenvalue weighted by molar-refractivity contribution is 14.1. The number of amides is 1. The number of carbonyl (C=O) groups excluding carboxylic acids is 1. The molecule has 4 heteroatoms. The number of fused-ring (bicyclic) bond motifs is 1. The average Bonchev–Trinajstić information content (AvgIpc) is 2.57. The number of hydrazone groups is 1. The Morgan fingerprint density at radius 1 is 1.00 bits per heavy atom. The van der Waals surface area contributed by atoms with Gasteiger partial charge in [0.2, 0.25) is 5.91 Å². The van der Waals surface area contributed by atoms with Crippen LogP contribution in [0.3, 0.4) is 0 Å². The minimum atomic E-state index is -0.122. The van der Waals surface area contributed by atoms with Crippen LogP contribution < -0.4 is 5.43 Å². The van der Waals surface area contributed by atoms with Gasteiger partial charge in [-0.3, -0.25) is 4.79 Å². The zero-order valence-electron chi connectivity index (χ0n) is 12.4. The van der Waals surface area contributed by atoms with Crippen LogP contribution in [-0.4, -0.2) is 12.1 Å². The fourth-order valence-electron chi connectivity index (χ4n) is 2.41. The van der Waals surface area contributed by atoms with Crippen LogP contribution in [0.15, 0.2) is 71.8 Å². The first-order chi connectivity index (χ1) is 11.2. The van der Waals surface area contributed by atoms with Gasteiger partial charge >= 0.3 is 0 Å². The number of nitrogens with one attached hydrogen (secondary N) is 1. The highest BCUT2D eigenvalue weighted by atomic mass is 127. The van der Waals surface area contributed by atoms with E-state index in [-0.39, 0.29) is 5.91 Å². The van der Waals surface area contributed by atoms with E-state index in [1.807, 2.05) is 66.7 Å². The van der Waals surface area contributed by atoms with Crippen LogP contribution in [0.25, 0.3) is 10.8 Å². The zero-order valence-corrected chi connectivity index (χ0v) is 14.5. The van der Waals surface area contributed by atoms with Gasteiger partial charge < -0.3 is 0 Å². The van der Waals surface area contributed by atoms with Crippen LogP contribution in [0.1, 0.15) is 11.1 Å². The van der Waals surface area contributed by atoms with Gasteiger partial charge in [0, 0.05) is 9.13 Å². The van der Waals surface area contributed by atoms with Crippen molar-refractivity contribution in [2.75, 3.05) is 0 Å². The lowest BCUT2D eigenvalue weighted by atomic mass is 10.0. The summed E-state index contributed by atoms with van der Waals surface area (Å²) in [6.07, 6.45) is 1.98. The number of rotatable bonds is 4. The molecule has 0 atom stereocenters. The Morgan fingerprint density at radius 3 is 2.61 bits per heavy atom. The van der Waals surface area contributed by atoms with Crippen molar-refractivity contribution in [3.8, 4) is 0 Å². The molecule has 0 heterocycles. The third kappa shape index (κ3) is 3.96. The van der Waals surface area contributed by atoms with Crippen molar-refractivity contribution < 1.29 is 4.79 Å². The van der Waals surface area contributed by atoms with Gasteiger partial charge in [-0.2, -0.15) is 5.10 Å². The SMILES string of the molecule is O=C(Cc1cccc2ccccc12)N/N=C/c1ccccc1I. The van der Waals surface area contributed by atoms with Gasteiger partial charge in [0.1, 0.15) is 0 Å². The molecule has 0 bridgehead atoms. The van der Waals surface area contributed by atoms with Crippen LogP contribution in [0.5, 0.6) is 0 Å². The second kappa shape index (κ2) is 7.37. The van der Waals surface area contributed by atoms with Crippen LogP contribution >= 0.6 is 22.6 Å². The Bertz CT molecular complexity index is 869. The molecule has 1 N–H and O–H groups in total. The molecule has 3 nitrogen and oxygen atoms in total. The normalized spacial score (nSPS) is 11.0. The van der Waals surface area contributed by atoms with Crippen molar-refractivity contribution >= 4 is 45.5 Å². The third-order valence-electron chi connectivity index (χ3n) is 3.53. The maximum absolute atomic E-state index is 12.1. The maximum atomic E-state index is 12.1. The monoisotopic (exact) mass is 414 g/mol. The lowest BCUT2D eigenvalue weighted by Gasteiger charge is -2.05. The van der Waals surface area contributed by atoms with Crippen LogP contribution in [0, 0.1) is 3.57 Å². The molecule has 0 unspecified atom stereocenters.